The Balaban J connectivity index is 1.95. The van der Waals surface area contributed by atoms with Crippen molar-refractivity contribution in [1.29, 1.82) is 0 Å². The van der Waals surface area contributed by atoms with Gasteiger partial charge in [0.1, 0.15) is 6.04 Å². The van der Waals surface area contributed by atoms with E-state index in [1.54, 1.807) is 25.1 Å². The zero-order valence-corrected chi connectivity index (χ0v) is 12.7. The third kappa shape index (κ3) is 3.94. The van der Waals surface area contributed by atoms with Crippen LogP contribution in [-0.2, 0) is 4.79 Å². The maximum atomic E-state index is 12.0. The molecule has 0 bridgehead atoms. The lowest BCUT2D eigenvalue weighted by molar-refractivity contribution is -0.122. The monoisotopic (exact) mass is 344 g/mol. The highest BCUT2D eigenvalue weighted by Crippen LogP contribution is 2.23. The van der Waals surface area contributed by atoms with Crippen LogP contribution in [0.15, 0.2) is 22.7 Å². The first kappa shape index (κ1) is 14.3. The molecule has 1 saturated carbocycles. The normalized spacial score (nSPS) is 15.7. The molecule has 0 aromatic heterocycles. The predicted molar refractivity (Wildman–Crippen MR) is 77.2 cm³/mol. The number of carbonyl (C=O) groups is 2. The molecule has 0 radical (unpaired) electrons. The average molecular weight is 346 g/mol. The molecule has 102 valence electrons. The lowest BCUT2D eigenvalue weighted by atomic mass is 10.2. The standard InChI is InChI=1S/C13H14BrClN2O2/c1-7(12(18)17-9-3-4-9)16-13(19)8-2-5-10(14)11(15)6-8/h2,5-7,9H,3-4H2,1H3,(H,16,19)(H,17,18). The Kier molecular flexibility index (Phi) is 4.47. The Hall–Kier alpha value is -1.07. The molecule has 2 rings (SSSR count). The van der Waals surface area contributed by atoms with Crippen molar-refractivity contribution in [3.8, 4) is 0 Å². The largest absolute Gasteiger partial charge is 0.352 e. The van der Waals surface area contributed by atoms with Crippen molar-refractivity contribution in [2.75, 3.05) is 0 Å². The van der Waals surface area contributed by atoms with Gasteiger partial charge in [-0.1, -0.05) is 11.6 Å². The molecule has 4 nitrogen and oxygen atoms in total. The number of rotatable bonds is 4. The van der Waals surface area contributed by atoms with Crippen LogP contribution in [0.1, 0.15) is 30.1 Å². The minimum Gasteiger partial charge on any atom is -0.352 e. The van der Waals surface area contributed by atoms with E-state index >= 15 is 0 Å². The fraction of sp³-hybridized carbons (Fsp3) is 0.385. The quantitative estimate of drug-likeness (QED) is 0.881. The Morgan fingerprint density at radius 1 is 1.42 bits per heavy atom. The Morgan fingerprint density at radius 3 is 2.68 bits per heavy atom. The van der Waals surface area contributed by atoms with Gasteiger partial charge in [0.25, 0.3) is 5.91 Å². The fourth-order valence-corrected chi connectivity index (χ4v) is 1.96. The lowest BCUT2D eigenvalue weighted by Gasteiger charge is -2.14. The number of hydrogen-bond donors (Lipinski definition) is 2. The molecule has 0 heterocycles. The summed E-state index contributed by atoms with van der Waals surface area (Å²) in [5.41, 5.74) is 0.430. The van der Waals surface area contributed by atoms with Crippen LogP contribution in [0.2, 0.25) is 5.02 Å². The molecule has 6 heteroatoms. The molecule has 0 spiro atoms. The van der Waals surface area contributed by atoms with Crippen molar-refractivity contribution < 1.29 is 9.59 Å². The zero-order valence-electron chi connectivity index (χ0n) is 10.4. The summed E-state index contributed by atoms with van der Waals surface area (Å²) >= 11 is 9.19. The van der Waals surface area contributed by atoms with Crippen LogP contribution in [-0.4, -0.2) is 23.9 Å². The molecular formula is C13H14BrClN2O2. The first-order valence-electron chi connectivity index (χ1n) is 6.03. The van der Waals surface area contributed by atoms with Crippen molar-refractivity contribution in [2.24, 2.45) is 0 Å². The second-order valence-corrected chi connectivity index (χ2v) is 5.87. The highest BCUT2D eigenvalue weighted by Gasteiger charge is 2.26. The van der Waals surface area contributed by atoms with Crippen LogP contribution in [0.3, 0.4) is 0 Å². The van der Waals surface area contributed by atoms with Gasteiger partial charge >= 0.3 is 0 Å². The van der Waals surface area contributed by atoms with E-state index in [-0.39, 0.29) is 17.9 Å². The first-order chi connectivity index (χ1) is 8.97. The van der Waals surface area contributed by atoms with Gasteiger partial charge in [0.15, 0.2) is 0 Å². The molecule has 19 heavy (non-hydrogen) atoms. The van der Waals surface area contributed by atoms with Gasteiger partial charge in [-0.05, 0) is 53.9 Å². The second-order valence-electron chi connectivity index (χ2n) is 4.61. The van der Waals surface area contributed by atoms with E-state index < -0.39 is 6.04 Å². The molecule has 1 aromatic rings. The highest BCUT2D eigenvalue weighted by molar-refractivity contribution is 9.10. The van der Waals surface area contributed by atoms with E-state index in [9.17, 15) is 9.59 Å². The molecule has 2 amide bonds. The third-order valence-corrected chi connectivity index (χ3v) is 4.08. The molecule has 1 aliphatic rings. The summed E-state index contributed by atoms with van der Waals surface area (Å²) in [6.07, 6.45) is 2.05. The summed E-state index contributed by atoms with van der Waals surface area (Å²) in [6, 6.07) is 4.64. The Morgan fingerprint density at radius 2 is 2.11 bits per heavy atom. The molecule has 0 aliphatic heterocycles. The summed E-state index contributed by atoms with van der Waals surface area (Å²) < 4.78 is 0.727. The van der Waals surface area contributed by atoms with Crippen molar-refractivity contribution in [3.05, 3.63) is 33.3 Å². The third-order valence-electron chi connectivity index (χ3n) is 2.85. The van der Waals surface area contributed by atoms with Crippen molar-refractivity contribution in [3.63, 3.8) is 0 Å². The minimum absolute atomic E-state index is 0.154. The number of nitrogens with one attached hydrogen (secondary N) is 2. The van der Waals surface area contributed by atoms with Crippen LogP contribution >= 0.6 is 27.5 Å². The Bertz CT molecular complexity index is 517. The topological polar surface area (TPSA) is 58.2 Å². The number of hydrogen-bond acceptors (Lipinski definition) is 2. The predicted octanol–water partition coefficient (Wildman–Crippen LogP) is 2.50. The number of benzene rings is 1. The van der Waals surface area contributed by atoms with Crippen LogP contribution in [0.5, 0.6) is 0 Å². The van der Waals surface area contributed by atoms with Gasteiger partial charge in [0.05, 0.1) is 5.02 Å². The maximum absolute atomic E-state index is 12.0. The number of carbonyl (C=O) groups excluding carboxylic acids is 2. The molecule has 1 aliphatic carbocycles. The van der Waals surface area contributed by atoms with Gasteiger partial charge in [0.2, 0.25) is 5.91 Å². The van der Waals surface area contributed by atoms with Crippen molar-refractivity contribution in [1.82, 2.24) is 10.6 Å². The minimum atomic E-state index is -0.560. The summed E-state index contributed by atoms with van der Waals surface area (Å²) in [6.45, 7) is 1.66. The molecule has 1 aromatic carbocycles. The lowest BCUT2D eigenvalue weighted by Crippen LogP contribution is -2.45. The number of halogens is 2. The molecule has 1 atom stereocenters. The molecular weight excluding hydrogens is 332 g/mol. The second kappa shape index (κ2) is 5.92. The molecule has 1 unspecified atom stereocenters. The zero-order chi connectivity index (χ0) is 14.0. The van der Waals surface area contributed by atoms with E-state index in [4.69, 9.17) is 11.6 Å². The molecule has 0 saturated heterocycles. The van der Waals surface area contributed by atoms with Crippen molar-refractivity contribution >= 4 is 39.3 Å². The molecule has 1 fully saturated rings. The SMILES string of the molecule is CC(NC(=O)c1ccc(Br)c(Cl)c1)C(=O)NC1CC1. The molecule has 2 N–H and O–H groups in total. The van der Waals surface area contributed by atoms with Gasteiger partial charge in [-0.3, -0.25) is 9.59 Å². The van der Waals surface area contributed by atoms with E-state index in [1.807, 2.05) is 0 Å². The van der Waals surface area contributed by atoms with Gasteiger partial charge in [-0.15, -0.1) is 0 Å². The average Bonchev–Trinajstić information content (AvgIpc) is 3.16. The van der Waals surface area contributed by atoms with Gasteiger partial charge in [-0.25, -0.2) is 0 Å². The Labute approximate surface area is 125 Å². The smallest absolute Gasteiger partial charge is 0.251 e. The summed E-state index contributed by atoms with van der Waals surface area (Å²) in [7, 11) is 0. The summed E-state index contributed by atoms with van der Waals surface area (Å²) in [4.78, 5) is 23.7. The van der Waals surface area contributed by atoms with Crippen LogP contribution in [0, 0.1) is 0 Å². The van der Waals surface area contributed by atoms with E-state index in [0.717, 1.165) is 17.3 Å². The van der Waals surface area contributed by atoms with Crippen molar-refractivity contribution in [2.45, 2.75) is 31.8 Å². The van der Waals surface area contributed by atoms with E-state index in [2.05, 4.69) is 26.6 Å². The van der Waals surface area contributed by atoms with Crippen LogP contribution < -0.4 is 10.6 Å². The van der Waals surface area contributed by atoms with Gasteiger partial charge < -0.3 is 10.6 Å². The summed E-state index contributed by atoms with van der Waals surface area (Å²) in [5, 5.41) is 5.96. The maximum Gasteiger partial charge on any atom is 0.251 e. The van der Waals surface area contributed by atoms with E-state index in [1.165, 1.54) is 0 Å². The first-order valence-corrected chi connectivity index (χ1v) is 7.21. The number of amides is 2. The highest BCUT2D eigenvalue weighted by atomic mass is 79.9. The van der Waals surface area contributed by atoms with Gasteiger partial charge in [-0.2, -0.15) is 0 Å². The van der Waals surface area contributed by atoms with Crippen LogP contribution in [0.25, 0.3) is 0 Å². The van der Waals surface area contributed by atoms with Gasteiger partial charge in [0, 0.05) is 16.1 Å². The fourth-order valence-electron chi connectivity index (χ4n) is 1.54. The van der Waals surface area contributed by atoms with E-state index in [0.29, 0.717) is 10.6 Å². The summed E-state index contributed by atoms with van der Waals surface area (Å²) in [5.74, 6) is -0.466. The van der Waals surface area contributed by atoms with Crippen LogP contribution in [0.4, 0.5) is 0 Å².